The summed E-state index contributed by atoms with van der Waals surface area (Å²) in [5.74, 6) is -0.147. The predicted molar refractivity (Wildman–Crippen MR) is 254 cm³/mol. The van der Waals surface area contributed by atoms with Crippen LogP contribution in [0.4, 0.5) is 0 Å². The van der Waals surface area contributed by atoms with Gasteiger partial charge < -0.3 is 19.8 Å². The molecule has 59 heavy (non-hydrogen) atoms. The molecule has 0 fully saturated rings. The van der Waals surface area contributed by atoms with Crippen LogP contribution in [0, 0.1) is 0 Å². The van der Waals surface area contributed by atoms with E-state index in [2.05, 4.69) is 43.5 Å². The smallest absolute Gasteiger partial charge is 0.391 e. The highest BCUT2D eigenvalue weighted by Crippen LogP contribution is 2.43. The zero-order valence-electron chi connectivity index (χ0n) is 39.8. The largest absolute Gasteiger partial charge is 0.472 e. The van der Waals surface area contributed by atoms with Crippen molar-refractivity contribution in [2.45, 2.75) is 251 Å². The molecule has 0 aromatic carbocycles. The number of amides is 1. The van der Waals surface area contributed by atoms with Gasteiger partial charge in [0.1, 0.15) is 13.2 Å². The van der Waals surface area contributed by atoms with Crippen molar-refractivity contribution in [2.75, 3.05) is 40.9 Å². The molecule has 0 heterocycles. The first-order valence-electron chi connectivity index (χ1n) is 25.2. The second-order valence-electron chi connectivity index (χ2n) is 18.5. The van der Waals surface area contributed by atoms with Crippen molar-refractivity contribution in [3.05, 3.63) is 24.3 Å². The molecular formula is C50H100N2O6P+. The van der Waals surface area contributed by atoms with Crippen molar-refractivity contribution in [3.8, 4) is 0 Å². The Morgan fingerprint density at radius 3 is 1.39 bits per heavy atom. The minimum Gasteiger partial charge on any atom is -0.391 e. The van der Waals surface area contributed by atoms with Crippen molar-refractivity contribution in [2.24, 2.45) is 0 Å². The lowest BCUT2D eigenvalue weighted by Gasteiger charge is -2.26. The van der Waals surface area contributed by atoms with Gasteiger partial charge in [-0.2, -0.15) is 0 Å². The third kappa shape index (κ3) is 44.8. The first kappa shape index (κ1) is 58.0. The summed E-state index contributed by atoms with van der Waals surface area (Å²) >= 11 is 0. The molecule has 0 radical (unpaired) electrons. The van der Waals surface area contributed by atoms with Gasteiger partial charge in [0.15, 0.2) is 0 Å². The minimum atomic E-state index is -4.32. The molecule has 0 aromatic rings. The third-order valence-corrected chi connectivity index (χ3v) is 12.4. The summed E-state index contributed by atoms with van der Waals surface area (Å²) in [7, 11) is 1.62. The van der Waals surface area contributed by atoms with Crippen LogP contribution >= 0.6 is 7.82 Å². The monoisotopic (exact) mass is 856 g/mol. The first-order valence-corrected chi connectivity index (χ1v) is 26.7. The van der Waals surface area contributed by atoms with Gasteiger partial charge in [-0.25, -0.2) is 4.57 Å². The molecule has 0 rings (SSSR count). The van der Waals surface area contributed by atoms with E-state index < -0.39 is 20.0 Å². The fourth-order valence-corrected chi connectivity index (χ4v) is 8.17. The highest BCUT2D eigenvalue weighted by Gasteiger charge is 2.28. The van der Waals surface area contributed by atoms with E-state index in [0.29, 0.717) is 23.9 Å². The van der Waals surface area contributed by atoms with Crippen molar-refractivity contribution in [3.63, 3.8) is 0 Å². The molecule has 0 spiro atoms. The van der Waals surface area contributed by atoms with Gasteiger partial charge in [-0.05, 0) is 44.9 Å². The standard InChI is InChI=1S/C50H99N2O6P/c1-6-8-10-12-14-16-18-20-22-24-25-26-27-28-30-32-34-36-38-40-42-44-50(54)51-48(47-58-59(55,56)57-46-45-52(3,4)5)49(53)43-41-39-37-35-33-31-29-23-21-19-17-15-13-11-9-7-2/h18,20,24-25,48-49,53H,6-17,19,21-23,26-47H2,1-5H3,(H-,51,54,55,56)/p+1/b20-18-,25-24-. The molecule has 0 saturated carbocycles. The topological polar surface area (TPSA) is 105 Å². The average molecular weight is 856 g/mol. The minimum absolute atomic E-state index is 0.0747. The number of aliphatic hydroxyl groups excluding tert-OH is 1. The Labute approximate surface area is 366 Å². The summed E-state index contributed by atoms with van der Waals surface area (Å²) in [5.41, 5.74) is 0. The summed E-state index contributed by atoms with van der Waals surface area (Å²) in [6.07, 6.45) is 50.6. The zero-order valence-corrected chi connectivity index (χ0v) is 40.7. The normalized spacial score (nSPS) is 14.4. The number of nitrogens with zero attached hydrogens (tertiary/aromatic N) is 1. The predicted octanol–water partition coefficient (Wildman–Crippen LogP) is 14.5. The average Bonchev–Trinajstić information content (AvgIpc) is 3.19. The number of likely N-dealkylation sites (N-methyl/N-ethyl adjacent to an activating group) is 1. The van der Waals surface area contributed by atoms with Crippen LogP contribution in [-0.2, 0) is 18.4 Å². The summed E-state index contributed by atoms with van der Waals surface area (Å²) in [4.78, 5) is 23.2. The molecule has 0 aliphatic carbocycles. The summed E-state index contributed by atoms with van der Waals surface area (Å²) in [6.45, 7) is 4.89. The summed E-state index contributed by atoms with van der Waals surface area (Å²) in [6, 6.07) is -0.761. The van der Waals surface area contributed by atoms with E-state index in [1.165, 1.54) is 167 Å². The second-order valence-corrected chi connectivity index (χ2v) is 20.0. The SMILES string of the molecule is CCCCCCC/C=C\C/C=C\CCCCCCCCCCCC(=O)NC(COP(=O)(O)OCC[N+](C)(C)C)C(O)CCCCCCCCCCCCCCCCCC. The molecule has 0 aliphatic heterocycles. The fourth-order valence-electron chi connectivity index (χ4n) is 7.43. The molecule has 3 N–H and O–H groups in total. The van der Waals surface area contributed by atoms with Crippen LogP contribution in [0.1, 0.15) is 239 Å². The van der Waals surface area contributed by atoms with Gasteiger partial charge in [0.05, 0.1) is 39.9 Å². The molecule has 3 atom stereocenters. The number of unbranched alkanes of at least 4 members (excludes halogenated alkanes) is 29. The van der Waals surface area contributed by atoms with Gasteiger partial charge in [0.25, 0.3) is 0 Å². The maximum Gasteiger partial charge on any atom is 0.472 e. The van der Waals surface area contributed by atoms with E-state index in [0.717, 1.165) is 44.9 Å². The Morgan fingerprint density at radius 1 is 0.576 bits per heavy atom. The number of carbonyl (C=O) groups is 1. The van der Waals surface area contributed by atoms with Crippen LogP contribution in [0.5, 0.6) is 0 Å². The van der Waals surface area contributed by atoms with Crippen LogP contribution in [0.25, 0.3) is 0 Å². The molecule has 3 unspecified atom stereocenters. The summed E-state index contributed by atoms with van der Waals surface area (Å²) < 4.78 is 23.7. The van der Waals surface area contributed by atoms with Crippen LogP contribution in [0.15, 0.2) is 24.3 Å². The lowest BCUT2D eigenvalue weighted by molar-refractivity contribution is -0.870. The quantitative estimate of drug-likeness (QED) is 0.0244. The van der Waals surface area contributed by atoms with E-state index in [-0.39, 0.29) is 19.1 Å². The maximum atomic E-state index is 12.9. The molecule has 9 heteroatoms. The lowest BCUT2D eigenvalue weighted by Crippen LogP contribution is -2.46. The highest BCUT2D eigenvalue weighted by atomic mass is 31.2. The van der Waals surface area contributed by atoms with Crippen LogP contribution in [0.3, 0.4) is 0 Å². The van der Waals surface area contributed by atoms with Gasteiger partial charge in [0, 0.05) is 6.42 Å². The number of carbonyl (C=O) groups excluding carboxylic acids is 1. The first-order chi connectivity index (χ1) is 28.5. The lowest BCUT2D eigenvalue weighted by atomic mass is 10.0. The molecule has 0 aromatic heterocycles. The van der Waals surface area contributed by atoms with Gasteiger partial charge in [0.2, 0.25) is 5.91 Å². The number of hydrogen-bond acceptors (Lipinski definition) is 5. The molecule has 0 aliphatic rings. The second kappa shape index (κ2) is 42.3. The number of nitrogens with one attached hydrogen (secondary N) is 1. The molecule has 0 bridgehead atoms. The Morgan fingerprint density at radius 2 is 0.966 bits per heavy atom. The van der Waals surface area contributed by atoms with Gasteiger partial charge in [-0.1, -0.05) is 212 Å². The number of quaternary nitrogens is 1. The van der Waals surface area contributed by atoms with Crippen molar-refractivity contribution in [1.82, 2.24) is 5.32 Å². The molecule has 350 valence electrons. The molecule has 8 nitrogen and oxygen atoms in total. The number of hydrogen-bond donors (Lipinski definition) is 3. The van der Waals surface area contributed by atoms with E-state index in [1.54, 1.807) is 0 Å². The number of phosphoric ester groups is 1. The van der Waals surface area contributed by atoms with Gasteiger partial charge >= 0.3 is 7.82 Å². The summed E-state index contributed by atoms with van der Waals surface area (Å²) in [5, 5.41) is 14.0. The zero-order chi connectivity index (χ0) is 43.6. The number of aliphatic hydroxyl groups is 1. The third-order valence-electron chi connectivity index (χ3n) is 11.5. The van der Waals surface area contributed by atoms with Gasteiger partial charge in [-0.3, -0.25) is 13.8 Å². The number of allylic oxidation sites excluding steroid dienone is 4. The van der Waals surface area contributed by atoms with E-state index >= 15 is 0 Å². The van der Waals surface area contributed by atoms with Crippen LogP contribution in [-0.4, -0.2) is 73.4 Å². The number of rotatable bonds is 46. The Bertz CT molecular complexity index is 1020. The van der Waals surface area contributed by atoms with Crippen molar-refractivity contribution in [1.29, 1.82) is 0 Å². The molecule has 0 saturated heterocycles. The van der Waals surface area contributed by atoms with E-state index in [9.17, 15) is 19.4 Å². The maximum absolute atomic E-state index is 12.9. The Hall–Kier alpha value is -1.02. The number of phosphoric acid groups is 1. The van der Waals surface area contributed by atoms with Crippen LogP contribution < -0.4 is 5.32 Å². The molecule has 1 amide bonds. The Balaban J connectivity index is 4.27. The van der Waals surface area contributed by atoms with Gasteiger partial charge in [-0.15, -0.1) is 0 Å². The van der Waals surface area contributed by atoms with Crippen molar-refractivity contribution >= 4 is 13.7 Å². The molecular weight excluding hydrogens is 756 g/mol. The highest BCUT2D eigenvalue weighted by molar-refractivity contribution is 7.47. The van der Waals surface area contributed by atoms with E-state index in [1.807, 2.05) is 21.1 Å². The van der Waals surface area contributed by atoms with Crippen molar-refractivity contribution < 1.29 is 32.9 Å². The van der Waals surface area contributed by atoms with E-state index in [4.69, 9.17) is 9.05 Å². The van der Waals surface area contributed by atoms with Crippen LogP contribution in [0.2, 0.25) is 0 Å². The Kier molecular flexibility index (Phi) is 41.6. The fraction of sp³-hybridized carbons (Fsp3) is 0.900.